The Morgan fingerprint density at radius 3 is 2.38 bits per heavy atom. The quantitative estimate of drug-likeness (QED) is 0.454. The predicted octanol–water partition coefficient (Wildman–Crippen LogP) is 4.51. The van der Waals surface area contributed by atoms with Crippen LogP contribution in [0.15, 0.2) is 46.9 Å². The molecule has 2 aromatic rings. The second-order valence-corrected chi connectivity index (χ2v) is 11.6. The van der Waals surface area contributed by atoms with Crippen LogP contribution >= 0.6 is 27.5 Å². The van der Waals surface area contributed by atoms with Crippen LogP contribution in [0.3, 0.4) is 0 Å². The molecule has 7 nitrogen and oxygen atoms in total. The van der Waals surface area contributed by atoms with Crippen LogP contribution in [-0.2, 0) is 26.2 Å². The molecule has 0 radical (unpaired) electrons. The lowest BCUT2D eigenvalue weighted by Gasteiger charge is -2.32. The van der Waals surface area contributed by atoms with Crippen molar-refractivity contribution in [1.29, 1.82) is 0 Å². The largest absolute Gasteiger partial charge is 0.352 e. The maximum atomic E-state index is 13.5. The third kappa shape index (κ3) is 7.71. The van der Waals surface area contributed by atoms with E-state index in [-0.39, 0.29) is 18.5 Å². The van der Waals surface area contributed by atoms with Crippen LogP contribution in [0.25, 0.3) is 0 Å². The lowest BCUT2D eigenvalue weighted by molar-refractivity contribution is -0.139. The second kappa shape index (κ2) is 12.0. The number of halogens is 2. The van der Waals surface area contributed by atoms with Crippen LogP contribution < -0.4 is 9.62 Å². The summed E-state index contributed by atoms with van der Waals surface area (Å²) in [6, 6.07) is 11.3. The van der Waals surface area contributed by atoms with Gasteiger partial charge in [0.15, 0.2) is 0 Å². The Bertz CT molecular complexity index is 1140. The zero-order valence-corrected chi connectivity index (χ0v) is 23.2. The topological polar surface area (TPSA) is 86.8 Å². The van der Waals surface area contributed by atoms with Crippen LogP contribution in [0, 0.1) is 6.92 Å². The smallest absolute Gasteiger partial charge is 0.244 e. The highest BCUT2D eigenvalue weighted by Gasteiger charge is 2.31. The number of hydrogen-bond donors (Lipinski definition) is 1. The van der Waals surface area contributed by atoms with Gasteiger partial charge in [-0.1, -0.05) is 46.6 Å². The standard InChI is InChI=1S/C24H31BrClN3O4S/c1-6-17(3)27-24(31)18(4)28(14-19-8-7-9-20(25)13-19)23(30)15-29(34(5,32)33)22-11-10-21(26)12-16(22)2/h7-13,17-18H,6,14-15H2,1-5H3,(H,27,31)/t17-,18-/m0/s1. The van der Waals surface area contributed by atoms with Crippen molar-refractivity contribution in [2.75, 3.05) is 17.1 Å². The van der Waals surface area contributed by atoms with Gasteiger partial charge in [-0.2, -0.15) is 0 Å². The monoisotopic (exact) mass is 571 g/mol. The van der Waals surface area contributed by atoms with Crippen molar-refractivity contribution >= 4 is 55.1 Å². The Morgan fingerprint density at radius 1 is 1.15 bits per heavy atom. The number of rotatable bonds is 10. The van der Waals surface area contributed by atoms with Gasteiger partial charge in [0, 0.05) is 22.1 Å². The Balaban J connectivity index is 2.42. The molecule has 1 N–H and O–H groups in total. The molecule has 0 saturated carbocycles. The summed E-state index contributed by atoms with van der Waals surface area (Å²) in [6.45, 7) is 6.91. The van der Waals surface area contributed by atoms with Gasteiger partial charge in [-0.05, 0) is 68.7 Å². The average molecular weight is 573 g/mol. The maximum Gasteiger partial charge on any atom is 0.244 e. The van der Waals surface area contributed by atoms with E-state index in [1.54, 1.807) is 32.0 Å². The van der Waals surface area contributed by atoms with E-state index in [4.69, 9.17) is 11.6 Å². The van der Waals surface area contributed by atoms with Crippen LogP contribution in [-0.4, -0.2) is 50.0 Å². The van der Waals surface area contributed by atoms with E-state index in [9.17, 15) is 18.0 Å². The molecule has 0 saturated heterocycles. The van der Waals surface area contributed by atoms with Crippen molar-refractivity contribution in [2.24, 2.45) is 0 Å². The molecule has 10 heteroatoms. The first-order valence-electron chi connectivity index (χ1n) is 10.9. The fraction of sp³-hybridized carbons (Fsp3) is 0.417. The van der Waals surface area contributed by atoms with Gasteiger partial charge < -0.3 is 10.2 Å². The number of amides is 2. The predicted molar refractivity (Wildman–Crippen MR) is 140 cm³/mol. The van der Waals surface area contributed by atoms with E-state index >= 15 is 0 Å². The Morgan fingerprint density at radius 2 is 1.82 bits per heavy atom. The molecule has 2 rings (SSSR count). The lowest BCUT2D eigenvalue weighted by Crippen LogP contribution is -2.52. The summed E-state index contributed by atoms with van der Waals surface area (Å²) >= 11 is 9.46. The molecule has 0 bridgehead atoms. The summed E-state index contributed by atoms with van der Waals surface area (Å²) in [7, 11) is -3.80. The molecule has 186 valence electrons. The minimum absolute atomic E-state index is 0.0537. The zero-order chi connectivity index (χ0) is 25.6. The fourth-order valence-corrected chi connectivity index (χ4v) is 4.95. The van der Waals surface area contributed by atoms with E-state index in [0.717, 1.165) is 27.0 Å². The average Bonchev–Trinajstić information content (AvgIpc) is 2.74. The molecule has 0 fully saturated rings. The summed E-state index contributed by atoms with van der Waals surface area (Å²) in [5.41, 5.74) is 1.78. The SMILES string of the molecule is CC[C@H](C)NC(=O)[C@H](C)N(Cc1cccc(Br)c1)C(=O)CN(c1ccc(Cl)cc1C)S(C)(=O)=O. The first kappa shape index (κ1) is 28.1. The molecule has 0 heterocycles. The van der Waals surface area contributed by atoms with Crippen molar-refractivity contribution in [3.05, 3.63) is 63.1 Å². The van der Waals surface area contributed by atoms with Gasteiger partial charge in [-0.15, -0.1) is 0 Å². The Kier molecular flexibility index (Phi) is 9.96. The van der Waals surface area contributed by atoms with Gasteiger partial charge in [0.1, 0.15) is 12.6 Å². The number of carbonyl (C=O) groups is 2. The van der Waals surface area contributed by atoms with Crippen LogP contribution in [0.4, 0.5) is 5.69 Å². The zero-order valence-electron chi connectivity index (χ0n) is 20.0. The number of nitrogens with one attached hydrogen (secondary N) is 1. The number of hydrogen-bond acceptors (Lipinski definition) is 4. The Hall–Kier alpha value is -2.10. The highest BCUT2D eigenvalue weighted by molar-refractivity contribution is 9.10. The van der Waals surface area contributed by atoms with Gasteiger partial charge in [0.05, 0.1) is 11.9 Å². The third-order valence-electron chi connectivity index (χ3n) is 5.52. The molecule has 0 unspecified atom stereocenters. The van der Waals surface area contributed by atoms with E-state index in [1.807, 2.05) is 38.1 Å². The van der Waals surface area contributed by atoms with Gasteiger partial charge in [0.25, 0.3) is 0 Å². The van der Waals surface area contributed by atoms with Crippen molar-refractivity contribution < 1.29 is 18.0 Å². The number of sulfonamides is 1. The van der Waals surface area contributed by atoms with E-state index in [1.165, 1.54) is 4.90 Å². The molecule has 0 aliphatic heterocycles. The number of carbonyl (C=O) groups excluding carboxylic acids is 2. The summed E-state index contributed by atoms with van der Waals surface area (Å²) in [4.78, 5) is 27.8. The highest BCUT2D eigenvalue weighted by atomic mass is 79.9. The molecular weight excluding hydrogens is 542 g/mol. The second-order valence-electron chi connectivity index (χ2n) is 8.35. The maximum absolute atomic E-state index is 13.5. The van der Waals surface area contributed by atoms with Gasteiger partial charge >= 0.3 is 0 Å². The molecule has 2 aromatic carbocycles. The molecule has 0 aliphatic carbocycles. The molecular formula is C24H31BrClN3O4S. The van der Waals surface area contributed by atoms with E-state index in [0.29, 0.717) is 16.3 Å². The summed E-state index contributed by atoms with van der Waals surface area (Å²) < 4.78 is 27.2. The molecule has 2 atom stereocenters. The number of benzene rings is 2. The molecule has 2 amide bonds. The Labute approximate surface area is 215 Å². The summed E-state index contributed by atoms with van der Waals surface area (Å²) in [5, 5.41) is 3.37. The first-order valence-corrected chi connectivity index (χ1v) is 13.9. The van der Waals surface area contributed by atoms with E-state index < -0.39 is 28.5 Å². The van der Waals surface area contributed by atoms with Crippen LogP contribution in [0.2, 0.25) is 5.02 Å². The molecule has 0 spiro atoms. The van der Waals surface area contributed by atoms with Crippen molar-refractivity contribution in [3.63, 3.8) is 0 Å². The van der Waals surface area contributed by atoms with Gasteiger partial charge in [0.2, 0.25) is 21.8 Å². The molecule has 0 aliphatic rings. The van der Waals surface area contributed by atoms with E-state index in [2.05, 4.69) is 21.2 Å². The van der Waals surface area contributed by atoms with Crippen molar-refractivity contribution in [1.82, 2.24) is 10.2 Å². The normalized spacial score (nSPS) is 13.1. The first-order chi connectivity index (χ1) is 15.8. The highest BCUT2D eigenvalue weighted by Crippen LogP contribution is 2.26. The number of anilines is 1. The lowest BCUT2D eigenvalue weighted by atomic mass is 10.1. The number of aryl methyl sites for hydroxylation is 1. The van der Waals surface area contributed by atoms with Crippen LogP contribution in [0.1, 0.15) is 38.3 Å². The van der Waals surface area contributed by atoms with Crippen molar-refractivity contribution in [2.45, 2.75) is 52.7 Å². The third-order valence-corrected chi connectivity index (χ3v) is 7.37. The molecule has 34 heavy (non-hydrogen) atoms. The summed E-state index contributed by atoms with van der Waals surface area (Å²) in [6.07, 6.45) is 1.79. The van der Waals surface area contributed by atoms with Crippen molar-refractivity contribution in [3.8, 4) is 0 Å². The molecule has 0 aromatic heterocycles. The van der Waals surface area contributed by atoms with Gasteiger partial charge in [-0.25, -0.2) is 8.42 Å². The summed E-state index contributed by atoms with van der Waals surface area (Å²) in [5.74, 6) is -0.794. The minimum Gasteiger partial charge on any atom is -0.352 e. The van der Waals surface area contributed by atoms with Crippen LogP contribution in [0.5, 0.6) is 0 Å². The van der Waals surface area contributed by atoms with Gasteiger partial charge in [-0.3, -0.25) is 13.9 Å². The fourth-order valence-electron chi connectivity index (χ4n) is 3.37. The minimum atomic E-state index is -3.80. The number of nitrogens with zero attached hydrogens (tertiary/aromatic N) is 2.